The molecule has 1 unspecified atom stereocenters. The smallest absolute Gasteiger partial charge is 0.0540 e. The van der Waals surface area contributed by atoms with E-state index in [0.717, 1.165) is 24.7 Å². The van der Waals surface area contributed by atoms with Crippen molar-refractivity contribution in [2.45, 2.75) is 58.1 Å². The van der Waals surface area contributed by atoms with Gasteiger partial charge in [-0.25, -0.2) is 0 Å². The van der Waals surface area contributed by atoms with Crippen molar-refractivity contribution in [1.82, 2.24) is 4.90 Å². The van der Waals surface area contributed by atoms with Crippen molar-refractivity contribution in [2.24, 2.45) is 11.8 Å². The van der Waals surface area contributed by atoms with E-state index in [1.54, 1.807) is 0 Å². The van der Waals surface area contributed by atoms with Gasteiger partial charge in [-0.1, -0.05) is 13.8 Å². The minimum atomic E-state index is -0.0249. The Labute approximate surface area is 94.7 Å². The summed E-state index contributed by atoms with van der Waals surface area (Å²) in [5.74, 6) is 1.56. The van der Waals surface area contributed by atoms with Crippen LogP contribution in [0.4, 0.5) is 0 Å². The van der Waals surface area contributed by atoms with Gasteiger partial charge in [-0.15, -0.1) is 0 Å². The lowest BCUT2D eigenvalue weighted by Crippen LogP contribution is -2.38. The fraction of sp³-hybridized carbons (Fsp3) is 1.00. The molecule has 0 radical (unpaired) electrons. The highest BCUT2D eigenvalue weighted by Crippen LogP contribution is 2.31. The Balaban J connectivity index is 2.48. The largest absolute Gasteiger partial charge is 0.393 e. The van der Waals surface area contributed by atoms with Crippen LogP contribution in [0.25, 0.3) is 0 Å². The lowest BCUT2D eigenvalue weighted by molar-refractivity contribution is 0.0717. The van der Waals surface area contributed by atoms with Crippen LogP contribution in [0, 0.1) is 11.8 Å². The maximum Gasteiger partial charge on any atom is 0.0540 e. The summed E-state index contributed by atoms with van der Waals surface area (Å²) in [4.78, 5) is 2.38. The number of aliphatic hydroxyl groups is 1. The maximum atomic E-state index is 9.52. The number of rotatable bonds is 4. The van der Waals surface area contributed by atoms with Crippen molar-refractivity contribution in [3.63, 3.8) is 0 Å². The Hall–Kier alpha value is -0.0800. The van der Waals surface area contributed by atoms with Crippen LogP contribution in [0.2, 0.25) is 0 Å². The van der Waals surface area contributed by atoms with E-state index in [1.165, 1.54) is 19.3 Å². The molecular weight excluding hydrogens is 186 g/mol. The fourth-order valence-corrected chi connectivity index (χ4v) is 2.79. The Bertz CT molecular complexity index is 171. The Morgan fingerprint density at radius 2 is 1.67 bits per heavy atom. The number of nitrogens with zero attached hydrogens (tertiary/aromatic N) is 1. The molecule has 1 rings (SSSR count). The second-order valence-corrected chi connectivity index (χ2v) is 5.73. The van der Waals surface area contributed by atoms with Crippen molar-refractivity contribution in [3.05, 3.63) is 0 Å². The van der Waals surface area contributed by atoms with Crippen LogP contribution in [0.3, 0.4) is 0 Å². The van der Waals surface area contributed by atoms with E-state index in [0.29, 0.717) is 6.04 Å². The van der Waals surface area contributed by atoms with E-state index < -0.39 is 0 Å². The summed E-state index contributed by atoms with van der Waals surface area (Å²) in [7, 11) is 4.39. The second-order valence-electron chi connectivity index (χ2n) is 5.73. The molecule has 1 N–H and O–H groups in total. The fourth-order valence-electron chi connectivity index (χ4n) is 2.79. The molecule has 2 nitrogen and oxygen atoms in total. The SMILES string of the molecule is CC(C)CC(C1CCC(O)CC1)N(C)C. The first kappa shape index (κ1) is 13.0. The quantitative estimate of drug-likeness (QED) is 0.775. The van der Waals surface area contributed by atoms with E-state index >= 15 is 0 Å². The summed E-state index contributed by atoms with van der Waals surface area (Å²) in [5.41, 5.74) is 0. The zero-order valence-corrected chi connectivity index (χ0v) is 10.7. The van der Waals surface area contributed by atoms with Gasteiger partial charge in [0.05, 0.1) is 6.10 Å². The maximum absolute atomic E-state index is 9.52. The summed E-state index contributed by atoms with van der Waals surface area (Å²) in [6.45, 7) is 4.60. The lowest BCUT2D eigenvalue weighted by Gasteiger charge is -2.37. The molecular formula is C13H27NO. The second kappa shape index (κ2) is 5.86. The van der Waals surface area contributed by atoms with Gasteiger partial charge in [0.25, 0.3) is 0 Å². The molecule has 0 amide bonds. The summed E-state index contributed by atoms with van der Waals surface area (Å²) in [6.07, 6.45) is 5.68. The Morgan fingerprint density at radius 3 is 2.07 bits per heavy atom. The van der Waals surface area contributed by atoms with E-state index in [2.05, 4.69) is 32.8 Å². The Morgan fingerprint density at radius 1 is 1.13 bits per heavy atom. The molecule has 15 heavy (non-hydrogen) atoms. The normalized spacial score (nSPS) is 29.8. The first-order valence-corrected chi connectivity index (χ1v) is 6.35. The molecule has 0 aliphatic heterocycles. The van der Waals surface area contributed by atoms with Gasteiger partial charge < -0.3 is 10.0 Å². The summed E-state index contributed by atoms with van der Waals surface area (Å²) >= 11 is 0. The van der Waals surface area contributed by atoms with Gasteiger partial charge in [-0.05, 0) is 58.0 Å². The van der Waals surface area contributed by atoms with Crippen molar-refractivity contribution in [1.29, 1.82) is 0 Å². The molecule has 0 spiro atoms. The number of hydrogen-bond acceptors (Lipinski definition) is 2. The van der Waals surface area contributed by atoms with Gasteiger partial charge >= 0.3 is 0 Å². The lowest BCUT2D eigenvalue weighted by atomic mass is 9.79. The molecule has 0 aromatic heterocycles. The van der Waals surface area contributed by atoms with Crippen LogP contribution in [0.5, 0.6) is 0 Å². The molecule has 1 atom stereocenters. The van der Waals surface area contributed by atoms with Crippen LogP contribution in [0.15, 0.2) is 0 Å². The molecule has 90 valence electrons. The van der Waals surface area contributed by atoms with Crippen molar-refractivity contribution >= 4 is 0 Å². The summed E-state index contributed by atoms with van der Waals surface area (Å²) in [6, 6.07) is 0.706. The molecule has 1 aliphatic carbocycles. The van der Waals surface area contributed by atoms with Crippen LogP contribution in [-0.2, 0) is 0 Å². The first-order valence-electron chi connectivity index (χ1n) is 6.35. The van der Waals surface area contributed by atoms with Crippen LogP contribution in [-0.4, -0.2) is 36.2 Å². The first-order chi connectivity index (χ1) is 7.00. The average molecular weight is 213 g/mol. The number of hydrogen-bond donors (Lipinski definition) is 1. The van der Waals surface area contributed by atoms with Gasteiger partial charge in [0.15, 0.2) is 0 Å². The van der Waals surface area contributed by atoms with Gasteiger partial charge in [0, 0.05) is 6.04 Å². The number of aliphatic hydroxyl groups excluding tert-OH is 1. The van der Waals surface area contributed by atoms with Gasteiger partial charge in [-0.3, -0.25) is 0 Å². The van der Waals surface area contributed by atoms with Crippen LogP contribution < -0.4 is 0 Å². The van der Waals surface area contributed by atoms with E-state index in [-0.39, 0.29) is 6.10 Å². The van der Waals surface area contributed by atoms with Crippen LogP contribution in [0.1, 0.15) is 46.0 Å². The van der Waals surface area contributed by atoms with Crippen molar-refractivity contribution in [2.75, 3.05) is 14.1 Å². The standard InChI is InChI=1S/C13H27NO/c1-10(2)9-13(14(3)4)11-5-7-12(15)8-6-11/h10-13,15H,5-9H2,1-4H3. The molecule has 1 aliphatic rings. The monoisotopic (exact) mass is 213 g/mol. The Kier molecular flexibility index (Phi) is 5.07. The van der Waals surface area contributed by atoms with Gasteiger partial charge in [0.1, 0.15) is 0 Å². The van der Waals surface area contributed by atoms with Crippen molar-refractivity contribution < 1.29 is 5.11 Å². The summed E-state index contributed by atoms with van der Waals surface area (Å²) in [5, 5.41) is 9.52. The highest BCUT2D eigenvalue weighted by atomic mass is 16.3. The van der Waals surface area contributed by atoms with Gasteiger partial charge in [0.2, 0.25) is 0 Å². The third-order valence-corrected chi connectivity index (χ3v) is 3.66. The zero-order valence-electron chi connectivity index (χ0n) is 10.7. The van der Waals surface area contributed by atoms with E-state index in [4.69, 9.17) is 0 Å². The van der Waals surface area contributed by atoms with Crippen LogP contribution >= 0.6 is 0 Å². The van der Waals surface area contributed by atoms with Crippen molar-refractivity contribution in [3.8, 4) is 0 Å². The third-order valence-electron chi connectivity index (χ3n) is 3.66. The zero-order chi connectivity index (χ0) is 11.4. The predicted octanol–water partition coefficient (Wildman–Crippen LogP) is 2.51. The molecule has 1 fully saturated rings. The minimum Gasteiger partial charge on any atom is -0.393 e. The molecule has 1 saturated carbocycles. The summed E-state index contributed by atoms with van der Waals surface area (Å²) < 4.78 is 0. The predicted molar refractivity (Wildman–Crippen MR) is 64.9 cm³/mol. The molecule has 0 aromatic carbocycles. The molecule has 0 aromatic rings. The average Bonchev–Trinajstić information content (AvgIpc) is 2.15. The third kappa shape index (κ3) is 4.12. The molecule has 0 heterocycles. The minimum absolute atomic E-state index is 0.0249. The van der Waals surface area contributed by atoms with E-state index in [1.807, 2.05) is 0 Å². The molecule has 0 bridgehead atoms. The highest BCUT2D eigenvalue weighted by Gasteiger charge is 2.28. The molecule has 2 heteroatoms. The van der Waals surface area contributed by atoms with Gasteiger partial charge in [-0.2, -0.15) is 0 Å². The highest BCUT2D eigenvalue weighted by molar-refractivity contribution is 4.82. The van der Waals surface area contributed by atoms with E-state index in [9.17, 15) is 5.11 Å². The topological polar surface area (TPSA) is 23.5 Å². The molecule has 0 saturated heterocycles.